The minimum Gasteiger partial charge on any atom is -0.381 e. The normalized spacial score (nSPS) is 16.3. The third kappa shape index (κ3) is 5.70. The van der Waals surface area contributed by atoms with E-state index in [1.807, 2.05) is 18.4 Å². The Labute approximate surface area is 190 Å². The fourth-order valence-corrected chi connectivity index (χ4v) is 4.72. The minimum absolute atomic E-state index is 0. The van der Waals surface area contributed by atoms with E-state index in [9.17, 15) is 0 Å². The molecule has 1 aliphatic rings. The Balaban J connectivity index is 0.00000280. The van der Waals surface area contributed by atoms with Crippen molar-refractivity contribution in [3.63, 3.8) is 0 Å². The average molecular weight is 513 g/mol. The average Bonchev–Trinajstić information content (AvgIpc) is 3.17. The zero-order chi connectivity index (χ0) is 19.1. The van der Waals surface area contributed by atoms with E-state index in [2.05, 4.69) is 65.9 Å². The highest BCUT2D eigenvalue weighted by atomic mass is 127. The van der Waals surface area contributed by atoms with Gasteiger partial charge in [0.2, 0.25) is 0 Å². The first-order chi connectivity index (χ1) is 13.2. The molecule has 0 saturated carbocycles. The van der Waals surface area contributed by atoms with Crippen molar-refractivity contribution in [3.05, 3.63) is 57.3 Å². The van der Waals surface area contributed by atoms with E-state index in [1.165, 1.54) is 20.9 Å². The van der Waals surface area contributed by atoms with Gasteiger partial charge in [-0.1, -0.05) is 31.2 Å². The summed E-state index contributed by atoms with van der Waals surface area (Å²) >= 11 is 1.87. The zero-order valence-corrected chi connectivity index (χ0v) is 20.2. The van der Waals surface area contributed by atoms with E-state index in [4.69, 9.17) is 4.74 Å². The van der Waals surface area contributed by atoms with Gasteiger partial charge in [-0.2, -0.15) is 0 Å². The fourth-order valence-electron chi connectivity index (χ4n) is 3.82. The second kappa shape index (κ2) is 11.2. The molecule has 1 aliphatic heterocycles. The summed E-state index contributed by atoms with van der Waals surface area (Å²) in [6, 6.07) is 13.2. The molecule has 0 amide bonds. The number of nitrogens with zero attached hydrogens (tertiary/aromatic N) is 1. The van der Waals surface area contributed by atoms with Crippen LogP contribution in [0, 0.1) is 6.92 Å². The lowest BCUT2D eigenvalue weighted by atomic mass is 9.72. The molecule has 1 aromatic heterocycles. The standard InChI is InChI=1S/C22H31N3OS.HI/c1-4-18-9-10-19(27-18)15-24-21(23-3)25-16-22(11-13-26-14-12-22)20-8-6-5-7-17(20)2;/h5-10H,4,11-16H2,1-3H3,(H2,23,24,25);1H. The van der Waals surface area contributed by atoms with E-state index in [1.54, 1.807) is 0 Å². The molecule has 0 unspecified atom stereocenters. The number of ether oxygens (including phenoxy) is 1. The van der Waals surface area contributed by atoms with Crippen molar-refractivity contribution in [1.82, 2.24) is 10.6 Å². The first kappa shape index (κ1) is 23.2. The first-order valence-electron chi connectivity index (χ1n) is 9.83. The molecule has 0 aliphatic carbocycles. The molecule has 0 spiro atoms. The van der Waals surface area contributed by atoms with Gasteiger partial charge >= 0.3 is 0 Å². The molecule has 0 radical (unpaired) electrons. The molecule has 0 atom stereocenters. The number of aliphatic imine (C=N–C) groups is 1. The minimum atomic E-state index is 0. The van der Waals surface area contributed by atoms with Gasteiger partial charge in [-0.15, -0.1) is 35.3 Å². The highest BCUT2D eigenvalue weighted by molar-refractivity contribution is 14.0. The predicted octanol–water partition coefficient (Wildman–Crippen LogP) is 4.65. The summed E-state index contributed by atoms with van der Waals surface area (Å²) < 4.78 is 5.67. The van der Waals surface area contributed by atoms with Gasteiger partial charge in [0.1, 0.15) is 0 Å². The van der Waals surface area contributed by atoms with Gasteiger partial charge in [-0.3, -0.25) is 4.99 Å². The molecule has 2 heterocycles. The number of benzene rings is 1. The van der Waals surface area contributed by atoms with Crippen molar-refractivity contribution in [2.45, 2.75) is 45.1 Å². The van der Waals surface area contributed by atoms with E-state index >= 15 is 0 Å². The third-order valence-electron chi connectivity index (χ3n) is 5.48. The SMILES string of the molecule is CCc1ccc(CNC(=NC)NCC2(c3ccccc3C)CCOCC2)s1.I. The van der Waals surface area contributed by atoms with Gasteiger partial charge in [0.15, 0.2) is 5.96 Å². The predicted molar refractivity (Wildman–Crippen MR) is 130 cm³/mol. The Bertz CT molecular complexity index is 769. The number of thiophene rings is 1. The summed E-state index contributed by atoms with van der Waals surface area (Å²) in [4.78, 5) is 7.20. The maximum absolute atomic E-state index is 5.67. The van der Waals surface area contributed by atoms with Crippen LogP contribution in [0.25, 0.3) is 0 Å². The lowest BCUT2D eigenvalue weighted by Gasteiger charge is -2.39. The molecule has 1 aromatic carbocycles. The van der Waals surface area contributed by atoms with Crippen LogP contribution >= 0.6 is 35.3 Å². The molecule has 154 valence electrons. The summed E-state index contributed by atoms with van der Waals surface area (Å²) in [5.41, 5.74) is 2.89. The Kier molecular flexibility index (Phi) is 9.24. The summed E-state index contributed by atoms with van der Waals surface area (Å²) in [6.07, 6.45) is 3.16. The molecular formula is C22H32IN3OS. The van der Waals surface area contributed by atoms with E-state index in [0.717, 1.165) is 51.5 Å². The lowest BCUT2D eigenvalue weighted by molar-refractivity contribution is 0.0512. The number of nitrogens with one attached hydrogen (secondary N) is 2. The van der Waals surface area contributed by atoms with Crippen LogP contribution in [0.2, 0.25) is 0 Å². The largest absolute Gasteiger partial charge is 0.381 e. The molecule has 4 nitrogen and oxygen atoms in total. The van der Waals surface area contributed by atoms with Crippen molar-refractivity contribution in [2.75, 3.05) is 26.8 Å². The van der Waals surface area contributed by atoms with Crippen molar-refractivity contribution >= 4 is 41.3 Å². The van der Waals surface area contributed by atoms with Gasteiger partial charge in [-0.05, 0) is 49.4 Å². The second-order valence-corrected chi connectivity index (χ2v) is 8.46. The van der Waals surface area contributed by atoms with Crippen LogP contribution in [0.3, 0.4) is 0 Å². The van der Waals surface area contributed by atoms with E-state index < -0.39 is 0 Å². The van der Waals surface area contributed by atoms with Gasteiger partial charge < -0.3 is 15.4 Å². The summed E-state index contributed by atoms with van der Waals surface area (Å²) in [6.45, 7) is 7.72. The number of hydrogen-bond acceptors (Lipinski definition) is 3. The molecule has 0 bridgehead atoms. The van der Waals surface area contributed by atoms with Gasteiger partial charge in [0.05, 0.1) is 6.54 Å². The van der Waals surface area contributed by atoms with E-state index in [-0.39, 0.29) is 29.4 Å². The third-order valence-corrected chi connectivity index (χ3v) is 6.71. The molecule has 6 heteroatoms. The number of guanidine groups is 1. The lowest BCUT2D eigenvalue weighted by Crippen LogP contribution is -2.48. The Hall–Kier alpha value is -1.12. The van der Waals surface area contributed by atoms with Crippen molar-refractivity contribution in [1.29, 1.82) is 0 Å². The van der Waals surface area contributed by atoms with Crippen molar-refractivity contribution in [3.8, 4) is 0 Å². The van der Waals surface area contributed by atoms with Crippen LogP contribution in [0.5, 0.6) is 0 Å². The molecule has 2 aromatic rings. The van der Waals surface area contributed by atoms with Gasteiger partial charge in [-0.25, -0.2) is 0 Å². The maximum Gasteiger partial charge on any atom is 0.191 e. The number of rotatable bonds is 6. The molecule has 1 saturated heterocycles. The Morgan fingerprint density at radius 1 is 1.11 bits per heavy atom. The van der Waals surface area contributed by atoms with Crippen LogP contribution < -0.4 is 10.6 Å². The summed E-state index contributed by atoms with van der Waals surface area (Å²) in [5, 5.41) is 7.05. The van der Waals surface area contributed by atoms with Crippen LogP contribution in [-0.2, 0) is 23.1 Å². The number of aryl methyl sites for hydroxylation is 2. The fraction of sp³-hybridized carbons (Fsp3) is 0.500. The monoisotopic (exact) mass is 513 g/mol. The number of hydrogen-bond donors (Lipinski definition) is 2. The molecule has 28 heavy (non-hydrogen) atoms. The summed E-state index contributed by atoms with van der Waals surface area (Å²) in [7, 11) is 1.84. The topological polar surface area (TPSA) is 45.7 Å². The van der Waals surface area contributed by atoms with Crippen LogP contribution in [0.4, 0.5) is 0 Å². The molecule has 1 fully saturated rings. The molecule has 2 N–H and O–H groups in total. The highest BCUT2D eigenvalue weighted by Crippen LogP contribution is 2.36. The second-order valence-electron chi connectivity index (χ2n) is 7.21. The van der Waals surface area contributed by atoms with E-state index in [0.29, 0.717) is 0 Å². The zero-order valence-electron chi connectivity index (χ0n) is 17.1. The summed E-state index contributed by atoms with van der Waals surface area (Å²) in [5.74, 6) is 0.862. The van der Waals surface area contributed by atoms with Crippen molar-refractivity contribution in [2.24, 2.45) is 4.99 Å². The highest BCUT2D eigenvalue weighted by Gasteiger charge is 2.35. The molecule has 3 rings (SSSR count). The smallest absolute Gasteiger partial charge is 0.191 e. The Morgan fingerprint density at radius 2 is 1.82 bits per heavy atom. The van der Waals surface area contributed by atoms with Gasteiger partial charge in [0.25, 0.3) is 0 Å². The maximum atomic E-state index is 5.67. The first-order valence-corrected chi connectivity index (χ1v) is 10.6. The van der Waals surface area contributed by atoms with Crippen LogP contribution in [0.1, 0.15) is 40.6 Å². The van der Waals surface area contributed by atoms with Crippen LogP contribution in [0.15, 0.2) is 41.4 Å². The molecular weight excluding hydrogens is 481 g/mol. The number of halogens is 1. The van der Waals surface area contributed by atoms with Gasteiger partial charge in [0, 0.05) is 42.0 Å². The quantitative estimate of drug-likeness (QED) is 0.336. The van der Waals surface area contributed by atoms with Crippen molar-refractivity contribution < 1.29 is 4.74 Å². The van der Waals surface area contributed by atoms with Crippen LogP contribution in [-0.4, -0.2) is 32.8 Å². The Morgan fingerprint density at radius 3 is 2.46 bits per heavy atom.